The Labute approximate surface area is 124 Å². The van der Waals surface area contributed by atoms with Crippen molar-refractivity contribution in [3.8, 4) is 0 Å². The van der Waals surface area contributed by atoms with Gasteiger partial charge in [-0.3, -0.25) is 0 Å². The van der Waals surface area contributed by atoms with Crippen molar-refractivity contribution in [2.45, 2.75) is 77.6 Å². The second-order valence-corrected chi connectivity index (χ2v) is 5.32. The SMILES string of the molecule is CCCCCCCCCCCCNC(=O)OCCCO. The molecule has 20 heavy (non-hydrogen) atoms. The molecule has 0 saturated carbocycles. The Balaban J connectivity index is 3.07. The van der Waals surface area contributed by atoms with E-state index in [9.17, 15) is 4.79 Å². The summed E-state index contributed by atoms with van der Waals surface area (Å²) in [4.78, 5) is 11.2. The van der Waals surface area contributed by atoms with Gasteiger partial charge < -0.3 is 15.2 Å². The van der Waals surface area contributed by atoms with Crippen LogP contribution in [0, 0.1) is 0 Å². The van der Waals surface area contributed by atoms with Crippen molar-refractivity contribution in [1.82, 2.24) is 5.32 Å². The summed E-state index contributed by atoms with van der Waals surface area (Å²) >= 11 is 0. The van der Waals surface area contributed by atoms with Crippen molar-refractivity contribution in [1.29, 1.82) is 0 Å². The van der Waals surface area contributed by atoms with Crippen molar-refractivity contribution in [2.24, 2.45) is 0 Å². The summed E-state index contributed by atoms with van der Waals surface area (Å²) in [6.07, 6.45) is 13.1. The summed E-state index contributed by atoms with van der Waals surface area (Å²) in [6.45, 7) is 3.29. The number of carbonyl (C=O) groups excluding carboxylic acids is 1. The van der Waals surface area contributed by atoms with Gasteiger partial charge in [0.1, 0.15) is 0 Å². The van der Waals surface area contributed by atoms with Crippen molar-refractivity contribution in [3.63, 3.8) is 0 Å². The number of alkyl carbamates (subject to hydrolysis) is 1. The number of hydrogen-bond donors (Lipinski definition) is 2. The lowest BCUT2D eigenvalue weighted by atomic mass is 10.1. The van der Waals surface area contributed by atoms with Crippen molar-refractivity contribution in [3.05, 3.63) is 0 Å². The van der Waals surface area contributed by atoms with E-state index in [1.54, 1.807) is 0 Å². The minimum atomic E-state index is -0.366. The van der Waals surface area contributed by atoms with Gasteiger partial charge in [0.15, 0.2) is 0 Å². The van der Waals surface area contributed by atoms with E-state index >= 15 is 0 Å². The molecule has 4 heteroatoms. The first-order valence-electron chi connectivity index (χ1n) is 8.32. The second kappa shape index (κ2) is 16.3. The molecule has 0 aromatic heterocycles. The maximum atomic E-state index is 11.2. The highest BCUT2D eigenvalue weighted by Crippen LogP contribution is 2.10. The van der Waals surface area contributed by atoms with Crippen LogP contribution < -0.4 is 5.32 Å². The lowest BCUT2D eigenvalue weighted by Gasteiger charge is -2.06. The number of rotatable bonds is 14. The fourth-order valence-corrected chi connectivity index (χ4v) is 2.08. The quantitative estimate of drug-likeness (QED) is 0.474. The summed E-state index contributed by atoms with van der Waals surface area (Å²) in [7, 11) is 0. The van der Waals surface area contributed by atoms with Crippen LogP contribution in [0.3, 0.4) is 0 Å². The molecule has 0 aromatic rings. The zero-order chi connectivity index (χ0) is 14.9. The molecule has 0 aliphatic rings. The number of amides is 1. The Hall–Kier alpha value is -0.770. The van der Waals surface area contributed by atoms with E-state index in [-0.39, 0.29) is 12.7 Å². The average molecular weight is 287 g/mol. The molecular formula is C16H33NO3. The van der Waals surface area contributed by atoms with E-state index in [0.29, 0.717) is 19.6 Å². The molecule has 0 saturated heterocycles. The molecule has 0 fully saturated rings. The normalized spacial score (nSPS) is 10.5. The Kier molecular flexibility index (Phi) is 15.7. The average Bonchev–Trinajstić information content (AvgIpc) is 2.45. The smallest absolute Gasteiger partial charge is 0.407 e. The van der Waals surface area contributed by atoms with Gasteiger partial charge in [0, 0.05) is 19.6 Å². The number of hydrogen-bond acceptors (Lipinski definition) is 3. The van der Waals surface area contributed by atoms with Gasteiger partial charge in [0.25, 0.3) is 0 Å². The Morgan fingerprint density at radius 3 is 2.00 bits per heavy atom. The second-order valence-electron chi connectivity index (χ2n) is 5.32. The maximum Gasteiger partial charge on any atom is 0.407 e. The molecule has 0 rings (SSSR count). The largest absolute Gasteiger partial charge is 0.449 e. The minimum absolute atomic E-state index is 0.0612. The van der Waals surface area contributed by atoms with E-state index in [0.717, 1.165) is 6.42 Å². The molecule has 1 amide bonds. The van der Waals surface area contributed by atoms with E-state index in [4.69, 9.17) is 9.84 Å². The molecule has 0 spiro atoms. The van der Waals surface area contributed by atoms with Crippen LogP contribution in [0.2, 0.25) is 0 Å². The molecule has 0 aromatic carbocycles. The van der Waals surface area contributed by atoms with Crippen molar-refractivity contribution >= 4 is 6.09 Å². The van der Waals surface area contributed by atoms with Gasteiger partial charge in [-0.1, -0.05) is 64.7 Å². The minimum Gasteiger partial charge on any atom is -0.449 e. The molecule has 0 radical (unpaired) electrons. The first kappa shape index (κ1) is 19.2. The first-order chi connectivity index (χ1) is 9.81. The molecule has 4 nitrogen and oxygen atoms in total. The lowest BCUT2D eigenvalue weighted by Crippen LogP contribution is -2.25. The fraction of sp³-hybridized carbons (Fsp3) is 0.938. The number of unbranched alkanes of at least 4 members (excludes halogenated alkanes) is 9. The summed E-state index contributed by atoms with van der Waals surface area (Å²) in [5.41, 5.74) is 0. The van der Waals surface area contributed by atoms with Gasteiger partial charge in [-0.05, 0) is 6.42 Å². The number of aliphatic hydroxyl groups excluding tert-OH is 1. The number of nitrogens with one attached hydrogen (secondary N) is 1. The van der Waals surface area contributed by atoms with E-state index in [1.165, 1.54) is 57.8 Å². The van der Waals surface area contributed by atoms with Crippen LogP contribution >= 0.6 is 0 Å². The lowest BCUT2D eigenvalue weighted by molar-refractivity contribution is 0.135. The number of aliphatic hydroxyl groups is 1. The maximum absolute atomic E-state index is 11.2. The van der Waals surface area contributed by atoms with Gasteiger partial charge in [0.05, 0.1) is 6.61 Å². The van der Waals surface area contributed by atoms with Gasteiger partial charge in [-0.2, -0.15) is 0 Å². The number of carbonyl (C=O) groups is 1. The van der Waals surface area contributed by atoms with Crippen molar-refractivity contribution < 1.29 is 14.6 Å². The molecule has 0 unspecified atom stereocenters. The molecule has 0 bridgehead atoms. The Morgan fingerprint density at radius 2 is 1.45 bits per heavy atom. The molecule has 120 valence electrons. The first-order valence-corrected chi connectivity index (χ1v) is 8.32. The van der Waals surface area contributed by atoms with Crippen molar-refractivity contribution in [2.75, 3.05) is 19.8 Å². The molecule has 0 aliphatic heterocycles. The van der Waals surface area contributed by atoms with E-state index < -0.39 is 0 Å². The number of ether oxygens (including phenoxy) is 1. The van der Waals surface area contributed by atoms with Crippen LogP contribution in [-0.4, -0.2) is 31.0 Å². The highest BCUT2D eigenvalue weighted by molar-refractivity contribution is 5.66. The Morgan fingerprint density at radius 1 is 0.900 bits per heavy atom. The van der Waals surface area contributed by atoms with Crippen LogP contribution in [0.15, 0.2) is 0 Å². The van der Waals surface area contributed by atoms with Crippen LogP contribution in [0.25, 0.3) is 0 Å². The topological polar surface area (TPSA) is 58.6 Å². The predicted octanol–water partition coefficient (Wildman–Crippen LogP) is 4.02. The molecule has 0 atom stereocenters. The third kappa shape index (κ3) is 15.3. The van der Waals surface area contributed by atoms with Crippen LogP contribution in [0.1, 0.15) is 77.6 Å². The highest BCUT2D eigenvalue weighted by Gasteiger charge is 1.99. The zero-order valence-corrected chi connectivity index (χ0v) is 13.2. The fourth-order valence-electron chi connectivity index (χ4n) is 2.08. The Bertz CT molecular complexity index is 210. The predicted molar refractivity (Wildman–Crippen MR) is 82.9 cm³/mol. The van der Waals surface area contributed by atoms with Gasteiger partial charge >= 0.3 is 6.09 Å². The van der Waals surface area contributed by atoms with Crippen LogP contribution in [0.5, 0.6) is 0 Å². The van der Waals surface area contributed by atoms with Gasteiger partial charge in [-0.15, -0.1) is 0 Å². The summed E-state index contributed by atoms with van der Waals surface area (Å²) in [5, 5.41) is 11.3. The molecule has 0 aliphatic carbocycles. The monoisotopic (exact) mass is 287 g/mol. The molecule has 2 N–H and O–H groups in total. The van der Waals surface area contributed by atoms with E-state index in [2.05, 4.69) is 12.2 Å². The van der Waals surface area contributed by atoms with E-state index in [1.807, 2.05) is 0 Å². The third-order valence-corrected chi connectivity index (χ3v) is 3.34. The standard InChI is InChI=1S/C16H33NO3/c1-2-3-4-5-6-7-8-9-10-11-13-17-16(19)20-15-12-14-18/h18H,2-15H2,1H3,(H,17,19). The highest BCUT2D eigenvalue weighted by atomic mass is 16.5. The van der Waals surface area contributed by atoms with Gasteiger partial charge in [-0.25, -0.2) is 4.79 Å². The van der Waals surface area contributed by atoms with Crippen LogP contribution in [-0.2, 0) is 4.74 Å². The van der Waals surface area contributed by atoms with Crippen LogP contribution in [0.4, 0.5) is 4.79 Å². The molecular weight excluding hydrogens is 254 g/mol. The third-order valence-electron chi connectivity index (χ3n) is 3.34. The summed E-state index contributed by atoms with van der Waals surface area (Å²) in [5.74, 6) is 0. The zero-order valence-electron chi connectivity index (χ0n) is 13.2. The molecule has 0 heterocycles. The summed E-state index contributed by atoms with van der Waals surface area (Å²) in [6, 6.07) is 0. The van der Waals surface area contributed by atoms with Gasteiger partial charge in [0.2, 0.25) is 0 Å². The summed E-state index contributed by atoms with van der Waals surface area (Å²) < 4.78 is 4.86.